The zero-order valence-electron chi connectivity index (χ0n) is 17.1. The molecule has 1 aliphatic rings. The van der Waals surface area contributed by atoms with Crippen molar-refractivity contribution in [1.29, 1.82) is 0 Å². The molecule has 0 spiro atoms. The van der Waals surface area contributed by atoms with E-state index in [1.54, 1.807) is 38.1 Å². The number of anilines is 2. The van der Waals surface area contributed by atoms with E-state index < -0.39 is 11.8 Å². The van der Waals surface area contributed by atoms with Crippen molar-refractivity contribution in [3.05, 3.63) is 24.3 Å². The number of carbonyl (C=O) groups is 3. The minimum Gasteiger partial charge on any atom is -0.348 e. The molecule has 0 atom stereocenters. The molecule has 7 heteroatoms. The van der Waals surface area contributed by atoms with Crippen LogP contribution in [0.2, 0.25) is 0 Å². The van der Waals surface area contributed by atoms with Gasteiger partial charge in [0.15, 0.2) is 0 Å². The fourth-order valence-electron chi connectivity index (χ4n) is 3.02. The van der Waals surface area contributed by atoms with Crippen LogP contribution in [-0.2, 0) is 14.4 Å². The summed E-state index contributed by atoms with van der Waals surface area (Å²) in [6.07, 6.45) is 3.28. The minimum atomic E-state index is -0.709. The Kier molecular flexibility index (Phi) is 8.44. The monoisotopic (exact) mass is 388 g/mol. The molecule has 0 saturated carbocycles. The van der Waals surface area contributed by atoms with Crippen LogP contribution in [0, 0.1) is 11.8 Å². The van der Waals surface area contributed by atoms with E-state index in [-0.39, 0.29) is 11.8 Å². The van der Waals surface area contributed by atoms with Gasteiger partial charge in [-0.25, -0.2) is 0 Å². The molecule has 1 fully saturated rings. The lowest BCUT2D eigenvalue weighted by Gasteiger charge is -2.30. The van der Waals surface area contributed by atoms with E-state index in [0.29, 0.717) is 17.9 Å². The first-order valence-corrected chi connectivity index (χ1v) is 10.1. The van der Waals surface area contributed by atoms with Crippen molar-refractivity contribution in [2.24, 2.45) is 11.8 Å². The maximum absolute atomic E-state index is 12.1. The number of nitrogens with one attached hydrogen (secondary N) is 3. The van der Waals surface area contributed by atoms with Gasteiger partial charge >= 0.3 is 11.8 Å². The SMILES string of the molecule is CC1CCN(CCCNC(=O)C(=O)Nc2cccc(NC(=O)C(C)C)c2)CC1. The van der Waals surface area contributed by atoms with E-state index >= 15 is 0 Å². The van der Waals surface area contributed by atoms with Gasteiger partial charge in [-0.15, -0.1) is 0 Å². The van der Waals surface area contributed by atoms with Gasteiger partial charge in [0.2, 0.25) is 5.91 Å². The summed E-state index contributed by atoms with van der Waals surface area (Å²) in [5.41, 5.74) is 1.04. The summed E-state index contributed by atoms with van der Waals surface area (Å²) in [5, 5.41) is 8.00. The molecule has 28 heavy (non-hydrogen) atoms. The van der Waals surface area contributed by atoms with Crippen LogP contribution in [0.15, 0.2) is 24.3 Å². The zero-order valence-corrected chi connectivity index (χ0v) is 17.1. The Bertz CT molecular complexity index is 682. The molecule has 1 saturated heterocycles. The van der Waals surface area contributed by atoms with Crippen LogP contribution < -0.4 is 16.0 Å². The van der Waals surface area contributed by atoms with Crippen molar-refractivity contribution in [2.75, 3.05) is 36.8 Å². The molecule has 1 aliphatic heterocycles. The lowest BCUT2D eigenvalue weighted by Crippen LogP contribution is -2.38. The van der Waals surface area contributed by atoms with Gasteiger partial charge in [-0.1, -0.05) is 26.8 Å². The summed E-state index contributed by atoms with van der Waals surface area (Å²) >= 11 is 0. The van der Waals surface area contributed by atoms with Crippen LogP contribution in [0.3, 0.4) is 0 Å². The largest absolute Gasteiger partial charge is 0.348 e. The third kappa shape index (κ3) is 7.31. The number of benzene rings is 1. The molecular formula is C21H32N4O3. The van der Waals surface area contributed by atoms with E-state index in [0.717, 1.165) is 32.0 Å². The number of amides is 3. The van der Waals surface area contributed by atoms with Crippen molar-refractivity contribution in [3.8, 4) is 0 Å². The normalized spacial score (nSPS) is 15.3. The third-order valence-electron chi connectivity index (χ3n) is 4.93. The molecule has 0 radical (unpaired) electrons. The van der Waals surface area contributed by atoms with Gasteiger partial charge in [-0.2, -0.15) is 0 Å². The van der Waals surface area contributed by atoms with Crippen LogP contribution in [0.25, 0.3) is 0 Å². The predicted molar refractivity (Wildman–Crippen MR) is 111 cm³/mol. The summed E-state index contributed by atoms with van der Waals surface area (Å²) < 4.78 is 0. The lowest BCUT2D eigenvalue weighted by molar-refractivity contribution is -0.136. The second-order valence-electron chi connectivity index (χ2n) is 7.81. The fourth-order valence-corrected chi connectivity index (χ4v) is 3.02. The van der Waals surface area contributed by atoms with Crippen LogP contribution >= 0.6 is 0 Å². The van der Waals surface area contributed by atoms with Crippen molar-refractivity contribution in [2.45, 2.75) is 40.0 Å². The highest BCUT2D eigenvalue weighted by Crippen LogP contribution is 2.16. The number of hydrogen-bond donors (Lipinski definition) is 3. The highest BCUT2D eigenvalue weighted by atomic mass is 16.2. The Labute approximate surface area is 167 Å². The van der Waals surface area contributed by atoms with Crippen LogP contribution in [0.1, 0.15) is 40.0 Å². The van der Waals surface area contributed by atoms with Gasteiger partial charge in [-0.3, -0.25) is 14.4 Å². The molecule has 0 bridgehead atoms. The van der Waals surface area contributed by atoms with Gasteiger partial charge in [-0.05, 0) is 63.0 Å². The summed E-state index contributed by atoms with van der Waals surface area (Å²) in [4.78, 5) is 38.2. The van der Waals surface area contributed by atoms with E-state index in [4.69, 9.17) is 0 Å². The number of rotatable bonds is 7. The molecule has 0 aliphatic carbocycles. The molecule has 3 amide bonds. The molecule has 1 aromatic carbocycles. The van der Waals surface area contributed by atoms with E-state index in [9.17, 15) is 14.4 Å². The second kappa shape index (κ2) is 10.8. The van der Waals surface area contributed by atoms with Gasteiger partial charge in [0.1, 0.15) is 0 Å². The number of piperidine rings is 1. The molecule has 2 rings (SSSR count). The minimum absolute atomic E-state index is 0.107. The highest BCUT2D eigenvalue weighted by molar-refractivity contribution is 6.39. The second-order valence-corrected chi connectivity index (χ2v) is 7.81. The van der Waals surface area contributed by atoms with Gasteiger partial charge in [0.25, 0.3) is 0 Å². The van der Waals surface area contributed by atoms with Gasteiger partial charge < -0.3 is 20.9 Å². The van der Waals surface area contributed by atoms with Crippen molar-refractivity contribution >= 4 is 29.1 Å². The Hall–Kier alpha value is -2.41. The molecular weight excluding hydrogens is 356 g/mol. The van der Waals surface area contributed by atoms with Crippen LogP contribution in [0.4, 0.5) is 11.4 Å². The van der Waals surface area contributed by atoms with Crippen molar-refractivity contribution in [3.63, 3.8) is 0 Å². The lowest BCUT2D eigenvalue weighted by atomic mass is 9.99. The maximum atomic E-state index is 12.1. The van der Waals surface area contributed by atoms with Crippen LogP contribution in [0.5, 0.6) is 0 Å². The third-order valence-corrected chi connectivity index (χ3v) is 4.93. The Morgan fingerprint density at radius 2 is 1.71 bits per heavy atom. The van der Waals surface area contributed by atoms with Crippen LogP contribution in [-0.4, -0.2) is 48.8 Å². The number of carbonyl (C=O) groups excluding carboxylic acids is 3. The zero-order chi connectivity index (χ0) is 20.5. The van der Waals surface area contributed by atoms with Gasteiger partial charge in [0, 0.05) is 23.8 Å². The number of hydrogen-bond acceptors (Lipinski definition) is 4. The number of likely N-dealkylation sites (tertiary alicyclic amines) is 1. The van der Waals surface area contributed by atoms with Gasteiger partial charge in [0.05, 0.1) is 0 Å². The average molecular weight is 389 g/mol. The molecule has 0 unspecified atom stereocenters. The molecule has 3 N–H and O–H groups in total. The quantitative estimate of drug-likeness (QED) is 0.494. The summed E-state index contributed by atoms with van der Waals surface area (Å²) in [7, 11) is 0. The fraction of sp³-hybridized carbons (Fsp3) is 0.571. The first-order valence-electron chi connectivity index (χ1n) is 10.1. The molecule has 1 heterocycles. The topological polar surface area (TPSA) is 90.5 Å². The number of nitrogens with zero attached hydrogens (tertiary/aromatic N) is 1. The molecule has 7 nitrogen and oxygen atoms in total. The van der Waals surface area contributed by atoms with E-state index in [1.165, 1.54) is 12.8 Å². The van der Waals surface area contributed by atoms with Crippen molar-refractivity contribution < 1.29 is 14.4 Å². The average Bonchev–Trinajstić information content (AvgIpc) is 2.66. The first kappa shape index (κ1) is 21.9. The molecule has 0 aromatic heterocycles. The Morgan fingerprint density at radius 1 is 1.07 bits per heavy atom. The smallest absolute Gasteiger partial charge is 0.313 e. The Balaban J connectivity index is 1.71. The maximum Gasteiger partial charge on any atom is 0.313 e. The first-order chi connectivity index (χ1) is 13.3. The van der Waals surface area contributed by atoms with E-state index in [1.807, 2.05) is 0 Å². The van der Waals surface area contributed by atoms with E-state index in [2.05, 4.69) is 27.8 Å². The molecule has 154 valence electrons. The highest BCUT2D eigenvalue weighted by Gasteiger charge is 2.16. The summed E-state index contributed by atoms with van der Waals surface area (Å²) in [5.74, 6) is -0.804. The predicted octanol–water partition coefficient (Wildman–Crippen LogP) is 2.46. The standard InChI is InChI=1S/C21H32N4O3/c1-15(2)19(26)23-17-6-4-7-18(14-17)24-21(28)20(27)22-10-5-11-25-12-8-16(3)9-13-25/h4,6-7,14-16H,5,8-13H2,1-3H3,(H,22,27)(H,23,26)(H,24,28). The molecule has 1 aromatic rings. The summed E-state index contributed by atoms with van der Waals surface area (Å²) in [6, 6.07) is 6.75. The van der Waals surface area contributed by atoms with Crippen molar-refractivity contribution in [1.82, 2.24) is 10.2 Å². The Morgan fingerprint density at radius 3 is 2.36 bits per heavy atom. The summed E-state index contributed by atoms with van der Waals surface area (Å²) in [6.45, 7) is 9.52.